The van der Waals surface area contributed by atoms with Gasteiger partial charge in [0.05, 0.1) is 36.9 Å². The third-order valence-corrected chi connectivity index (χ3v) is 5.95. The van der Waals surface area contributed by atoms with Crippen LogP contribution < -0.4 is 25.8 Å². The number of nitrogens with zero attached hydrogens (tertiary/aromatic N) is 6. The third kappa shape index (κ3) is 5.83. The lowest BCUT2D eigenvalue weighted by atomic mass is 10.1. The van der Waals surface area contributed by atoms with Crippen molar-refractivity contribution in [1.82, 2.24) is 4.57 Å². The van der Waals surface area contributed by atoms with E-state index in [1.54, 1.807) is 0 Å². The minimum atomic E-state index is 0.715. The fraction of sp³-hybridized carbons (Fsp3) is 0.609. The van der Waals surface area contributed by atoms with Crippen molar-refractivity contribution in [2.75, 3.05) is 49.1 Å². The molecule has 1 aromatic heterocycles. The number of aromatic nitrogens is 2. The molecule has 0 atom stereocenters. The van der Waals surface area contributed by atoms with Crippen LogP contribution in [0.3, 0.4) is 0 Å². The van der Waals surface area contributed by atoms with E-state index in [4.69, 9.17) is 11.5 Å². The zero-order valence-corrected chi connectivity index (χ0v) is 19.2. The van der Waals surface area contributed by atoms with E-state index in [1.807, 2.05) is 0 Å². The Balaban J connectivity index is 1.85. The first-order valence-corrected chi connectivity index (χ1v) is 11.8. The molecule has 8 heteroatoms. The highest BCUT2D eigenvalue weighted by atomic mass is 15.3. The normalized spacial score (nSPS) is 13.9. The van der Waals surface area contributed by atoms with Gasteiger partial charge in [-0.3, -0.25) is 0 Å². The predicted molar refractivity (Wildman–Crippen MR) is 128 cm³/mol. The average molecular weight is 428 g/mol. The highest BCUT2D eigenvalue weighted by Gasteiger charge is 2.22. The molecule has 2 heterocycles. The fourth-order valence-electron chi connectivity index (χ4n) is 4.11. The topological polar surface area (TPSA) is 92.0 Å². The zero-order valence-electron chi connectivity index (χ0n) is 19.2. The molecule has 8 nitrogen and oxygen atoms in total. The minimum Gasteiger partial charge on any atom is -0.368 e. The van der Waals surface area contributed by atoms with Crippen LogP contribution in [0, 0.1) is 0 Å². The molecular weight excluding hydrogens is 388 g/mol. The van der Waals surface area contributed by atoms with Crippen molar-refractivity contribution in [3.05, 3.63) is 30.6 Å². The van der Waals surface area contributed by atoms with Crippen molar-refractivity contribution < 1.29 is 4.57 Å². The molecule has 1 aromatic carbocycles. The summed E-state index contributed by atoms with van der Waals surface area (Å²) in [7, 11) is 0. The number of anilines is 2. The summed E-state index contributed by atoms with van der Waals surface area (Å²) in [5.41, 5.74) is 14.8. The number of rotatable bonds is 12. The molecule has 1 aliphatic rings. The van der Waals surface area contributed by atoms with Gasteiger partial charge in [-0.15, -0.1) is 0 Å². The van der Waals surface area contributed by atoms with E-state index in [-0.39, 0.29) is 0 Å². The maximum Gasteiger partial charge on any atom is 0.421 e. The van der Waals surface area contributed by atoms with Gasteiger partial charge in [0.2, 0.25) is 0 Å². The largest absolute Gasteiger partial charge is 0.421 e. The molecule has 0 amide bonds. The zero-order chi connectivity index (χ0) is 22.1. The van der Waals surface area contributed by atoms with Crippen molar-refractivity contribution >= 4 is 23.0 Å². The second-order valence-corrected chi connectivity index (χ2v) is 8.01. The lowest BCUT2D eigenvalue weighted by Gasteiger charge is -2.38. The van der Waals surface area contributed by atoms with E-state index >= 15 is 0 Å². The van der Waals surface area contributed by atoms with Crippen molar-refractivity contribution in [1.29, 1.82) is 0 Å². The molecule has 0 spiro atoms. The highest BCUT2D eigenvalue weighted by Crippen LogP contribution is 2.36. The van der Waals surface area contributed by atoms with Gasteiger partial charge in [-0.05, 0) is 70.8 Å². The number of hydrogen-bond acceptors (Lipinski definition) is 6. The fourth-order valence-corrected chi connectivity index (χ4v) is 4.11. The van der Waals surface area contributed by atoms with Crippen molar-refractivity contribution in [2.45, 2.75) is 52.6 Å². The summed E-state index contributed by atoms with van der Waals surface area (Å²) in [6.07, 6.45) is 8.28. The van der Waals surface area contributed by atoms with Gasteiger partial charge < -0.3 is 21.3 Å². The van der Waals surface area contributed by atoms with Gasteiger partial charge in [0, 0.05) is 31.3 Å². The number of hydrogen-bond donors (Lipinski definition) is 2. The summed E-state index contributed by atoms with van der Waals surface area (Å²) in [6.45, 7) is 11.8. The molecule has 2 aromatic rings. The van der Waals surface area contributed by atoms with E-state index in [0.717, 1.165) is 76.6 Å². The Morgan fingerprint density at radius 2 is 1.61 bits per heavy atom. The van der Waals surface area contributed by atoms with E-state index < -0.39 is 0 Å². The third-order valence-electron chi connectivity index (χ3n) is 5.95. The first-order valence-electron chi connectivity index (χ1n) is 11.8. The van der Waals surface area contributed by atoms with Crippen molar-refractivity contribution in [3.8, 4) is 0 Å². The van der Waals surface area contributed by atoms with Crippen LogP contribution in [0.4, 0.5) is 23.0 Å². The molecule has 1 aliphatic heterocycles. The summed E-state index contributed by atoms with van der Waals surface area (Å²) in [5, 5.41) is 9.33. The second-order valence-electron chi connectivity index (χ2n) is 8.01. The smallest absolute Gasteiger partial charge is 0.368 e. The molecule has 0 saturated heterocycles. The van der Waals surface area contributed by atoms with Gasteiger partial charge in [0.25, 0.3) is 0 Å². The van der Waals surface area contributed by atoms with E-state index in [9.17, 15) is 0 Å². The van der Waals surface area contributed by atoms with E-state index in [1.165, 1.54) is 11.4 Å². The van der Waals surface area contributed by atoms with Crippen LogP contribution in [0.1, 0.15) is 39.5 Å². The Hall–Kier alpha value is -2.45. The molecule has 3 rings (SSSR count). The monoisotopic (exact) mass is 427 g/mol. The Kier molecular flexibility index (Phi) is 8.85. The van der Waals surface area contributed by atoms with Crippen LogP contribution in [0.25, 0.3) is 0 Å². The minimum absolute atomic E-state index is 0.715. The first-order chi connectivity index (χ1) is 15.2. The number of azo groups is 1. The predicted octanol–water partition coefficient (Wildman–Crippen LogP) is 3.34. The van der Waals surface area contributed by atoms with E-state index in [0.29, 0.717) is 13.1 Å². The van der Waals surface area contributed by atoms with Gasteiger partial charge in [0.15, 0.2) is 0 Å². The standard InChI is InChI=1S/C23H39N8/c1-3-28-15-16-29(4-2)22-19-20(9-10-21(22)28)26-27-23-30(13-7-5-11-24)17-18-31(23)14-8-6-12-25/h9-10,17-19H,3-8,11-16,24-25H2,1-2H3/q+1. The summed E-state index contributed by atoms with van der Waals surface area (Å²) < 4.78 is 4.36. The summed E-state index contributed by atoms with van der Waals surface area (Å²) in [4.78, 5) is 4.85. The molecule has 0 saturated carbocycles. The van der Waals surface area contributed by atoms with Gasteiger partial charge in [0.1, 0.15) is 5.69 Å². The van der Waals surface area contributed by atoms with Crippen LogP contribution in [0.15, 0.2) is 40.8 Å². The van der Waals surface area contributed by atoms with Crippen molar-refractivity contribution in [2.24, 2.45) is 21.7 Å². The quantitative estimate of drug-likeness (QED) is 0.309. The Labute approximate surface area is 186 Å². The Bertz CT molecular complexity index is 817. The van der Waals surface area contributed by atoms with Gasteiger partial charge in [-0.1, -0.05) is 5.11 Å². The summed E-state index contributed by atoms with van der Waals surface area (Å²) >= 11 is 0. The summed E-state index contributed by atoms with van der Waals surface area (Å²) in [6, 6.07) is 6.43. The SMILES string of the molecule is CCN1CCN(CC)c2cc(/N=N/c3n(CCCCN)cc[n+]3CCCCN)ccc21. The molecule has 170 valence electrons. The van der Waals surface area contributed by atoms with E-state index in [2.05, 4.69) is 73.6 Å². The molecule has 0 aliphatic carbocycles. The number of benzene rings is 1. The number of aryl methyl sites for hydroxylation is 2. The molecule has 0 unspecified atom stereocenters. The Morgan fingerprint density at radius 1 is 0.903 bits per heavy atom. The molecule has 0 radical (unpaired) electrons. The molecule has 4 N–H and O–H groups in total. The maximum absolute atomic E-state index is 5.67. The van der Waals surface area contributed by atoms with Crippen LogP contribution >= 0.6 is 0 Å². The first kappa shape index (κ1) is 23.2. The van der Waals surface area contributed by atoms with Crippen LogP contribution in [-0.2, 0) is 13.1 Å². The molecular formula is C23H39N8+. The van der Waals surface area contributed by atoms with Crippen LogP contribution in [-0.4, -0.2) is 43.8 Å². The average Bonchev–Trinajstić information content (AvgIpc) is 3.18. The Morgan fingerprint density at radius 3 is 2.32 bits per heavy atom. The van der Waals surface area contributed by atoms with Gasteiger partial charge >= 0.3 is 5.95 Å². The van der Waals surface area contributed by atoms with Gasteiger partial charge in [-0.25, -0.2) is 9.13 Å². The van der Waals surface area contributed by atoms with Gasteiger partial charge in [-0.2, -0.15) is 0 Å². The van der Waals surface area contributed by atoms with Crippen LogP contribution in [0.5, 0.6) is 0 Å². The lowest BCUT2D eigenvalue weighted by Crippen LogP contribution is -2.40. The number of unbranched alkanes of at least 4 members (excludes halogenated alkanes) is 2. The van der Waals surface area contributed by atoms with Crippen LogP contribution in [0.2, 0.25) is 0 Å². The van der Waals surface area contributed by atoms with Crippen molar-refractivity contribution in [3.63, 3.8) is 0 Å². The number of imidazole rings is 1. The second kappa shape index (κ2) is 11.8. The molecule has 31 heavy (non-hydrogen) atoms. The number of nitrogens with two attached hydrogens (primary N) is 2. The lowest BCUT2D eigenvalue weighted by molar-refractivity contribution is -0.684. The number of likely N-dealkylation sites (N-methyl/N-ethyl adjacent to an activating group) is 2. The molecule has 0 bridgehead atoms. The number of fused-ring (bicyclic) bond motifs is 1. The maximum atomic E-state index is 5.67. The highest BCUT2D eigenvalue weighted by molar-refractivity contribution is 5.76. The summed E-state index contributed by atoms with van der Waals surface area (Å²) in [5.74, 6) is 0.884. The molecule has 0 fully saturated rings.